The Morgan fingerprint density at radius 3 is 2.56 bits per heavy atom. The van der Waals surface area contributed by atoms with Gasteiger partial charge >= 0.3 is 0 Å². The lowest BCUT2D eigenvalue weighted by molar-refractivity contribution is -0.124. The smallest absolute Gasteiger partial charge is 0.236 e. The van der Waals surface area contributed by atoms with Gasteiger partial charge < -0.3 is 15.8 Å². The Labute approximate surface area is 116 Å². The molecule has 4 nitrogen and oxygen atoms in total. The normalized spacial score (nSPS) is 25.4. The molecule has 1 aliphatic heterocycles. The van der Waals surface area contributed by atoms with Gasteiger partial charge in [-0.15, -0.1) is 12.4 Å². The fourth-order valence-electron chi connectivity index (χ4n) is 2.43. The van der Waals surface area contributed by atoms with Crippen LogP contribution >= 0.6 is 12.4 Å². The van der Waals surface area contributed by atoms with Crippen molar-refractivity contribution < 1.29 is 9.53 Å². The molecular weight excluding hydrogens is 252 g/mol. The Balaban J connectivity index is 0.00000289. The first-order valence-corrected chi connectivity index (χ1v) is 6.76. The van der Waals surface area contributed by atoms with Crippen molar-refractivity contribution in [2.45, 2.75) is 64.6 Å². The van der Waals surface area contributed by atoms with Gasteiger partial charge in [0.2, 0.25) is 5.91 Å². The van der Waals surface area contributed by atoms with E-state index in [0.717, 1.165) is 32.3 Å². The van der Waals surface area contributed by atoms with Crippen molar-refractivity contribution in [2.75, 3.05) is 6.61 Å². The Morgan fingerprint density at radius 2 is 2.06 bits per heavy atom. The Kier molecular flexibility index (Phi) is 8.57. The molecular formula is C13H27ClN2O2. The monoisotopic (exact) mass is 278 g/mol. The summed E-state index contributed by atoms with van der Waals surface area (Å²) < 4.78 is 5.81. The van der Waals surface area contributed by atoms with Gasteiger partial charge in [0.25, 0.3) is 0 Å². The first kappa shape index (κ1) is 17.7. The van der Waals surface area contributed by atoms with Crippen molar-refractivity contribution in [3.63, 3.8) is 0 Å². The van der Waals surface area contributed by atoms with E-state index in [4.69, 9.17) is 10.5 Å². The minimum absolute atomic E-state index is 0. The third kappa shape index (κ3) is 5.12. The average molecular weight is 279 g/mol. The van der Waals surface area contributed by atoms with Crippen molar-refractivity contribution in [2.24, 2.45) is 11.7 Å². The van der Waals surface area contributed by atoms with Crippen LogP contribution in [0.15, 0.2) is 0 Å². The molecule has 1 saturated heterocycles. The standard InChI is InChI=1S/C13H26N2O2.ClH/c1-4-10(5-2)12-8-11(6-7-17-12)15-13(16)9(3)14;/h9-12H,4-8,14H2,1-3H3,(H,15,16);1H. The van der Waals surface area contributed by atoms with Crippen molar-refractivity contribution in [3.05, 3.63) is 0 Å². The van der Waals surface area contributed by atoms with E-state index in [9.17, 15) is 4.79 Å². The molecule has 1 amide bonds. The molecule has 0 bridgehead atoms. The molecule has 108 valence electrons. The molecule has 1 fully saturated rings. The summed E-state index contributed by atoms with van der Waals surface area (Å²) in [6.45, 7) is 6.85. The van der Waals surface area contributed by atoms with Gasteiger partial charge in [0.05, 0.1) is 12.1 Å². The molecule has 3 atom stereocenters. The minimum atomic E-state index is -0.426. The molecule has 1 rings (SSSR count). The van der Waals surface area contributed by atoms with E-state index in [-0.39, 0.29) is 30.5 Å². The van der Waals surface area contributed by atoms with Crippen LogP contribution in [-0.2, 0) is 9.53 Å². The van der Waals surface area contributed by atoms with Crippen molar-refractivity contribution in [1.29, 1.82) is 0 Å². The van der Waals surface area contributed by atoms with Crippen LogP contribution in [0.5, 0.6) is 0 Å². The maximum atomic E-state index is 11.5. The largest absolute Gasteiger partial charge is 0.378 e. The van der Waals surface area contributed by atoms with E-state index in [2.05, 4.69) is 19.2 Å². The van der Waals surface area contributed by atoms with Crippen LogP contribution in [0.3, 0.4) is 0 Å². The number of carbonyl (C=O) groups is 1. The molecule has 0 aromatic rings. The first-order valence-electron chi connectivity index (χ1n) is 6.76. The highest BCUT2D eigenvalue weighted by Gasteiger charge is 2.28. The molecule has 5 heteroatoms. The fourth-order valence-corrected chi connectivity index (χ4v) is 2.43. The maximum Gasteiger partial charge on any atom is 0.236 e. The first-order chi connectivity index (χ1) is 8.08. The SMILES string of the molecule is CCC(CC)C1CC(NC(=O)C(C)N)CCO1.Cl. The van der Waals surface area contributed by atoms with E-state index in [1.165, 1.54) is 0 Å². The average Bonchev–Trinajstić information content (AvgIpc) is 2.31. The van der Waals surface area contributed by atoms with Crippen molar-refractivity contribution in [3.8, 4) is 0 Å². The van der Waals surface area contributed by atoms with E-state index >= 15 is 0 Å². The van der Waals surface area contributed by atoms with Gasteiger partial charge in [0, 0.05) is 12.6 Å². The Hall–Kier alpha value is -0.320. The number of hydrogen-bond acceptors (Lipinski definition) is 3. The number of hydrogen-bond donors (Lipinski definition) is 2. The van der Waals surface area contributed by atoms with Crippen LogP contribution in [0.25, 0.3) is 0 Å². The van der Waals surface area contributed by atoms with Crippen molar-refractivity contribution >= 4 is 18.3 Å². The highest BCUT2D eigenvalue weighted by Crippen LogP contribution is 2.25. The highest BCUT2D eigenvalue weighted by atomic mass is 35.5. The zero-order chi connectivity index (χ0) is 12.8. The zero-order valence-electron chi connectivity index (χ0n) is 11.6. The molecule has 1 aliphatic rings. The second-order valence-electron chi connectivity index (χ2n) is 5.00. The molecule has 0 aromatic carbocycles. The van der Waals surface area contributed by atoms with Gasteiger partial charge in [0.15, 0.2) is 0 Å². The second-order valence-corrected chi connectivity index (χ2v) is 5.00. The van der Waals surface area contributed by atoms with Gasteiger partial charge in [-0.25, -0.2) is 0 Å². The lowest BCUT2D eigenvalue weighted by Gasteiger charge is -2.34. The summed E-state index contributed by atoms with van der Waals surface area (Å²) in [5.41, 5.74) is 5.56. The Bertz CT molecular complexity index is 245. The predicted octanol–water partition coefficient (Wildman–Crippen LogP) is 1.86. The summed E-state index contributed by atoms with van der Waals surface area (Å²) in [4.78, 5) is 11.5. The summed E-state index contributed by atoms with van der Waals surface area (Å²) >= 11 is 0. The topological polar surface area (TPSA) is 64.4 Å². The fraction of sp³-hybridized carbons (Fsp3) is 0.923. The van der Waals surface area contributed by atoms with Gasteiger partial charge in [-0.2, -0.15) is 0 Å². The molecule has 0 spiro atoms. The second kappa shape index (κ2) is 8.73. The number of nitrogens with one attached hydrogen (secondary N) is 1. The third-order valence-electron chi connectivity index (χ3n) is 3.65. The molecule has 3 N–H and O–H groups in total. The van der Waals surface area contributed by atoms with Crippen LogP contribution in [0.1, 0.15) is 46.5 Å². The molecule has 1 heterocycles. The number of amides is 1. The molecule has 0 aromatic heterocycles. The number of rotatable bonds is 5. The minimum Gasteiger partial charge on any atom is -0.378 e. The highest BCUT2D eigenvalue weighted by molar-refractivity contribution is 5.85. The zero-order valence-corrected chi connectivity index (χ0v) is 12.5. The summed E-state index contributed by atoms with van der Waals surface area (Å²) in [6.07, 6.45) is 4.38. The van der Waals surface area contributed by atoms with Crippen LogP contribution < -0.4 is 11.1 Å². The number of carbonyl (C=O) groups excluding carboxylic acids is 1. The van der Waals surface area contributed by atoms with E-state index in [1.54, 1.807) is 6.92 Å². The number of halogens is 1. The van der Waals surface area contributed by atoms with Crippen molar-refractivity contribution in [1.82, 2.24) is 5.32 Å². The lowest BCUT2D eigenvalue weighted by atomic mass is 9.89. The number of nitrogens with two attached hydrogens (primary N) is 1. The lowest BCUT2D eigenvalue weighted by Crippen LogP contribution is -2.48. The summed E-state index contributed by atoms with van der Waals surface area (Å²) in [6, 6.07) is -0.197. The van der Waals surface area contributed by atoms with Crippen LogP contribution in [-0.4, -0.2) is 30.7 Å². The van der Waals surface area contributed by atoms with E-state index < -0.39 is 6.04 Å². The predicted molar refractivity (Wildman–Crippen MR) is 75.9 cm³/mol. The molecule has 0 radical (unpaired) electrons. The van der Waals surface area contributed by atoms with E-state index in [1.807, 2.05) is 0 Å². The maximum absolute atomic E-state index is 11.5. The molecule has 0 saturated carbocycles. The number of ether oxygens (including phenoxy) is 1. The molecule has 3 unspecified atom stereocenters. The van der Waals surface area contributed by atoms with Gasteiger partial charge in [-0.05, 0) is 25.7 Å². The Morgan fingerprint density at radius 1 is 1.44 bits per heavy atom. The van der Waals surface area contributed by atoms with Gasteiger partial charge in [0.1, 0.15) is 0 Å². The summed E-state index contributed by atoms with van der Waals surface area (Å²) in [5.74, 6) is 0.546. The van der Waals surface area contributed by atoms with Crippen LogP contribution in [0.4, 0.5) is 0 Å². The summed E-state index contributed by atoms with van der Waals surface area (Å²) in [5, 5.41) is 3.01. The summed E-state index contributed by atoms with van der Waals surface area (Å²) in [7, 11) is 0. The van der Waals surface area contributed by atoms with Crippen LogP contribution in [0.2, 0.25) is 0 Å². The molecule has 0 aliphatic carbocycles. The molecule has 18 heavy (non-hydrogen) atoms. The van der Waals surface area contributed by atoms with Gasteiger partial charge in [-0.3, -0.25) is 4.79 Å². The van der Waals surface area contributed by atoms with Crippen LogP contribution in [0, 0.1) is 5.92 Å². The van der Waals surface area contributed by atoms with E-state index in [0.29, 0.717) is 5.92 Å². The quantitative estimate of drug-likeness (QED) is 0.807. The van der Waals surface area contributed by atoms with Gasteiger partial charge in [-0.1, -0.05) is 26.7 Å². The third-order valence-corrected chi connectivity index (χ3v) is 3.65.